The maximum Gasteiger partial charge on any atom is 0.491 e. The molecule has 2 nitrogen and oxygen atoms in total. The molecule has 0 saturated heterocycles. The lowest BCUT2D eigenvalue weighted by molar-refractivity contribution is -0.188. The Bertz CT molecular complexity index is 1060. The van der Waals surface area contributed by atoms with Crippen LogP contribution in [-0.4, -0.2) is 12.1 Å². The number of carbonyl (C=O) groups is 1. The van der Waals surface area contributed by atoms with E-state index in [1.807, 2.05) is 72.8 Å². The van der Waals surface area contributed by atoms with E-state index in [2.05, 4.69) is 20.8 Å². The number of aryl methyl sites for hydroxylation is 3. The predicted molar refractivity (Wildman–Crippen MR) is 164 cm³/mol. The Hall–Kier alpha value is -2.73. The van der Waals surface area contributed by atoms with E-state index in [1.54, 1.807) is 0 Å². The lowest BCUT2D eigenvalue weighted by Gasteiger charge is -2.40. The van der Waals surface area contributed by atoms with E-state index in [0.717, 1.165) is 93.7 Å². The Labute approximate surface area is 246 Å². The van der Waals surface area contributed by atoms with Crippen LogP contribution >= 0.6 is 10.3 Å². The molecule has 0 aliphatic carbocycles. The molecule has 6 heteroatoms. The van der Waals surface area contributed by atoms with Crippen LogP contribution in [0.1, 0.15) is 95.2 Å². The van der Waals surface area contributed by atoms with Crippen molar-refractivity contribution in [2.45, 2.75) is 119 Å². The fourth-order valence-electron chi connectivity index (χ4n) is 4.99. The monoisotopic (exact) mass is 586 g/mol. The largest absolute Gasteiger partial charge is 0.491 e. The first kappa shape index (κ1) is 32.8. The van der Waals surface area contributed by atoms with Crippen LogP contribution in [0.25, 0.3) is 0 Å². The second-order valence-corrected chi connectivity index (χ2v) is 13.4. The normalized spacial score (nSPS) is 12.3. The van der Waals surface area contributed by atoms with E-state index >= 15 is 0 Å². The molecule has 0 bridgehead atoms. The molecule has 0 radical (unpaired) electrons. The molecule has 0 aliphatic heterocycles. The third-order valence-corrected chi connectivity index (χ3v) is 10.6. The molecule has 3 aromatic rings. The predicted octanol–water partition coefficient (Wildman–Crippen LogP) is 11.2. The molecule has 0 aliphatic rings. The Morgan fingerprint density at radius 2 is 0.854 bits per heavy atom. The number of rotatable bonds is 16. The number of halogens is 3. The summed E-state index contributed by atoms with van der Waals surface area (Å²) in [5.41, 5.74) is 3.36. The molecule has 41 heavy (non-hydrogen) atoms. The third-order valence-electron chi connectivity index (χ3n) is 7.40. The minimum atomic E-state index is -5.11. The highest BCUT2D eigenvalue weighted by molar-refractivity contribution is 8.30. The van der Waals surface area contributed by atoms with Crippen molar-refractivity contribution in [3.05, 3.63) is 89.5 Å². The number of unbranched alkanes of at least 4 members (excludes halogenated alkanes) is 6. The second-order valence-electron chi connectivity index (χ2n) is 10.7. The summed E-state index contributed by atoms with van der Waals surface area (Å²) in [6, 6.07) is 22.9. The Morgan fingerprint density at radius 3 is 1.10 bits per heavy atom. The number of hydrogen-bond donors (Lipinski definition) is 0. The molecule has 3 aromatic carbocycles. The van der Waals surface area contributed by atoms with Gasteiger partial charge in [-0.1, -0.05) is 95.7 Å². The zero-order chi connectivity index (χ0) is 29.7. The smallest absolute Gasteiger partial charge is 0.395 e. The van der Waals surface area contributed by atoms with Gasteiger partial charge < -0.3 is 4.18 Å². The summed E-state index contributed by atoms with van der Waals surface area (Å²) in [5, 5.41) is 0. The van der Waals surface area contributed by atoms with E-state index in [1.165, 1.54) is 0 Å². The van der Waals surface area contributed by atoms with Crippen LogP contribution in [0.15, 0.2) is 87.5 Å². The first-order chi connectivity index (χ1) is 19.7. The van der Waals surface area contributed by atoms with Crippen molar-refractivity contribution in [3.63, 3.8) is 0 Å². The summed E-state index contributed by atoms with van der Waals surface area (Å²) in [6.07, 6.45) is 7.44. The van der Waals surface area contributed by atoms with E-state index in [-0.39, 0.29) is 0 Å². The molecule has 224 valence electrons. The van der Waals surface area contributed by atoms with Crippen LogP contribution in [0.3, 0.4) is 0 Å². The average molecular weight is 587 g/mol. The van der Waals surface area contributed by atoms with E-state index in [0.29, 0.717) is 14.7 Å². The first-order valence-electron chi connectivity index (χ1n) is 15.2. The van der Waals surface area contributed by atoms with Crippen molar-refractivity contribution >= 4 is 16.3 Å². The summed E-state index contributed by atoms with van der Waals surface area (Å²) in [5.74, 6) is -2.17. The molecule has 0 aromatic heterocycles. The van der Waals surface area contributed by atoms with Gasteiger partial charge in [-0.2, -0.15) is 13.2 Å². The molecular formula is C35H45F3O2S. The van der Waals surface area contributed by atoms with Crippen LogP contribution < -0.4 is 0 Å². The lowest BCUT2D eigenvalue weighted by atomic mass is 10.1. The fraction of sp³-hybridized carbons (Fsp3) is 0.457. The summed E-state index contributed by atoms with van der Waals surface area (Å²) in [6.45, 7) is 6.46. The molecule has 0 heterocycles. The maximum absolute atomic E-state index is 13.8. The maximum atomic E-state index is 13.8. The molecule has 0 fully saturated rings. The minimum absolute atomic E-state index is 0.576. The topological polar surface area (TPSA) is 26.3 Å². The highest BCUT2D eigenvalue weighted by Gasteiger charge is 2.47. The fourth-order valence-corrected chi connectivity index (χ4v) is 7.98. The van der Waals surface area contributed by atoms with Crippen LogP contribution in [0.2, 0.25) is 0 Å². The van der Waals surface area contributed by atoms with Gasteiger partial charge in [0.25, 0.3) is 0 Å². The SMILES string of the molecule is CCCCCc1ccc(S(OC(=O)C(F)(F)F)(c2ccc(CCCCC)cc2)c2ccc(CCCCC)cc2)cc1. The van der Waals surface area contributed by atoms with Gasteiger partial charge in [0, 0.05) is 14.7 Å². The zero-order valence-electron chi connectivity index (χ0n) is 24.8. The Balaban J connectivity index is 2.14. The highest BCUT2D eigenvalue weighted by Crippen LogP contribution is 2.69. The van der Waals surface area contributed by atoms with Gasteiger partial charge in [-0.05, 0) is 102 Å². The second kappa shape index (κ2) is 16.1. The van der Waals surface area contributed by atoms with Crippen LogP contribution in [0.4, 0.5) is 13.2 Å². The summed E-state index contributed by atoms with van der Waals surface area (Å²) in [4.78, 5) is 14.3. The van der Waals surface area contributed by atoms with Crippen LogP contribution in [0.5, 0.6) is 0 Å². The van der Waals surface area contributed by atoms with Gasteiger partial charge in [-0.25, -0.2) is 4.79 Å². The molecule has 0 atom stereocenters. The van der Waals surface area contributed by atoms with Crippen molar-refractivity contribution in [1.82, 2.24) is 0 Å². The molecule has 0 N–H and O–H groups in total. The summed E-state index contributed by atoms with van der Waals surface area (Å²) >= 11 is 0. The van der Waals surface area contributed by atoms with Gasteiger partial charge in [0.2, 0.25) is 0 Å². The van der Waals surface area contributed by atoms with Crippen molar-refractivity contribution < 1.29 is 22.1 Å². The first-order valence-corrected chi connectivity index (χ1v) is 16.7. The van der Waals surface area contributed by atoms with E-state index < -0.39 is 22.5 Å². The van der Waals surface area contributed by atoms with Crippen LogP contribution in [-0.2, 0) is 28.2 Å². The summed E-state index contributed by atoms with van der Waals surface area (Å²) in [7, 11) is -3.01. The Morgan fingerprint density at radius 1 is 0.561 bits per heavy atom. The lowest BCUT2D eigenvalue weighted by Crippen LogP contribution is -2.27. The molecule has 0 unspecified atom stereocenters. The van der Waals surface area contributed by atoms with Gasteiger partial charge in [0.05, 0.1) is 0 Å². The standard InChI is InChI=1S/C35H45F3O2S/c1-4-7-10-13-28-16-22-31(23-17-28)41(40-34(39)35(36,37)38,32-24-18-29(19-25-32)14-11-8-5-2)33-26-20-30(21-27-33)15-12-9-6-3/h16-27H,4-15H2,1-3H3. The number of carbonyl (C=O) groups excluding carboxylic acids is 1. The van der Waals surface area contributed by atoms with Gasteiger partial charge in [0.15, 0.2) is 0 Å². The van der Waals surface area contributed by atoms with Crippen molar-refractivity contribution in [2.24, 2.45) is 0 Å². The minimum Gasteiger partial charge on any atom is -0.395 e. The highest BCUT2D eigenvalue weighted by atomic mass is 32.3. The molecular weight excluding hydrogens is 541 g/mol. The van der Waals surface area contributed by atoms with Gasteiger partial charge in [-0.15, -0.1) is 0 Å². The van der Waals surface area contributed by atoms with E-state index in [9.17, 15) is 18.0 Å². The van der Waals surface area contributed by atoms with E-state index in [4.69, 9.17) is 4.18 Å². The van der Waals surface area contributed by atoms with Crippen molar-refractivity contribution in [3.8, 4) is 0 Å². The number of hydrogen-bond acceptors (Lipinski definition) is 2. The molecule has 0 spiro atoms. The Kier molecular flexibility index (Phi) is 12.8. The number of benzene rings is 3. The average Bonchev–Trinajstić information content (AvgIpc) is 2.97. The quantitative estimate of drug-likeness (QED) is 0.156. The van der Waals surface area contributed by atoms with Gasteiger partial charge in [0.1, 0.15) is 0 Å². The number of alkyl halides is 3. The van der Waals surface area contributed by atoms with Crippen molar-refractivity contribution in [2.75, 3.05) is 0 Å². The zero-order valence-corrected chi connectivity index (χ0v) is 25.6. The van der Waals surface area contributed by atoms with Gasteiger partial charge >= 0.3 is 12.1 Å². The molecule has 0 amide bonds. The third kappa shape index (κ3) is 9.13. The molecule has 0 saturated carbocycles. The summed E-state index contributed by atoms with van der Waals surface area (Å²) < 4.78 is 47.0. The van der Waals surface area contributed by atoms with Crippen LogP contribution in [0, 0.1) is 0 Å². The van der Waals surface area contributed by atoms with Gasteiger partial charge in [-0.3, -0.25) is 0 Å². The molecule has 3 rings (SSSR count). The van der Waals surface area contributed by atoms with Crippen molar-refractivity contribution in [1.29, 1.82) is 0 Å².